The summed E-state index contributed by atoms with van der Waals surface area (Å²) in [5.41, 5.74) is 3.02. The van der Waals surface area contributed by atoms with Crippen molar-refractivity contribution in [3.05, 3.63) is 23.6 Å². The van der Waals surface area contributed by atoms with E-state index in [9.17, 15) is 13.0 Å². The molecule has 0 aliphatic rings. The van der Waals surface area contributed by atoms with Crippen molar-refractivity contribution in [2.45, 2.75) is 23.9 Å². The Hall–Kier alpha value is -1.84. The number of nitrogens with zero attached hydrogens (tertiary/aromatic N) is 2. The summed E-state index contributed by atoms with van der Waals surface area (Å²) >= 11 is -2.22. The lowest BCUT2D eigenvalue weighted by atomic mass is 10.0. The molecule has 3 rings (SSSR count). The normalized spacial score (nSPS) is 14.4. The highest BCUT2D eigenvalue weighted by Gasteiger charge is 2.19. The lowest BCUT2D eigenvalue weighted by Gasteiger charge is -2.04. The van der Waals surface area contributed by atoms with Gasteiger partial charge in [0.15, 0.2) is 16.2 Å². The minimum absolute atomic E-state index is 0.153. The monoisotopic (exact) mass is 339 g/mol. The molecular formula is C13H13N3O4S2. The van der Waals surface area contributed by atoms with Gasteiger partial charge in [-0.1, -0.05) is 5.16 Å². The molecule has 0 aliphatic heterocycles. The number of nitrogens with one attached hydrogen (secondary N) is 1. The van der Waals surface area contributed by atoms with Gasteiger partial charge in [-0.15, -0.1) is 0 Å². The molecule has 2 atom stereocenters. The Morgan fingerprint density at radius 3 is 2.55 bits per heavy atom. The van der Waals surface area contributed by atoms with Crippen molar-refractivity contribution in [3.8, 4) is 11.1 Å². The summed E-state index contributed by atoms with van der Waals surface area (Å²) in [5.74, 6) is 0.616. The molecule has 0 amide bonds. The summed E-state index contributed by atoms with van der Waals surface area (Å²) < 4.78 is 37.9. The minimum atomic E-state index is -2.22. The number of aromatic amines is 1. The zero-order valence-electron chi connectivity index (χ0n) is 12.0. The molecule has 7 nitrogen and oxygen atoms in total. The zero-order chi connectivity index (χ0) is 16.0. The summed E-state index contributed by atoms with van der Waals surface area (Å²) in [4.78, 5) is 7.23. The molecule has 2 N–H and O–H groups in total. The first-order valence-electron chi connectivity index (χ1n) is 6.29. The van der Waals surface area contributed by atoms with E-state index < -0.39 is 21.9 Å². The van der Waals surface area contributed by atoms with Crippen molar-refractivity contribution < 1.29 is 17.5 Å². The van der Waals surface area contributed by atoms with Gasteiger partial charge >= 0.3 is 0 Å². The van der Waals surface area contributed by atoms with Crippen LogP contribution in [0.5, 0.6) is 0 Å². The third kappa shape index (κ3) is 2.40. The highest BCUT2D eigenvalue weighted by atomic mass is 32.2. The second-order valence-corrected chi connectivity index (χ2v) is 7.05. The molecule has 0 bridgehead atoms. The Kier molecular flexibility index (Phi) is 3.71. The SMILES string of the molecule is Cc1noc(C)c1-c1cc(S(=O)O)c2nc(S(C)=O)[nH]c2c1. The van der Waals surface area contributed by atoms with Gasteiger partial charge in [-0.25, -0.2) is 9.19 Å². The van der Waals surface area contributed by atoms with E-state index in [1.165, 1.54) is 6.26 Å². The van der Waals surface area contributed by atoms with Gasteiger partial charge < -0.3 is 14.1 Å². The average molecular weight is 339 g/mol. The largest absolute Gasteiger partial charge is 0.361 e. The molecule has 0 saturated carbocycles. The van der Waals surface area contributed by atoms with Crippen LogP contribution < -0.4 is 0 Å². The summed E-state index contributed by atoms with van der Waals surface area (Å²) in [6.07, 6.45) is 1.49. The Labute approximate surface area is 130 Å². The first-order valence-corrected chi connectivity index (χ1v) is 8.96. The molecule has 9 heteroatoms. The number of rotatable bonds is 3. The molecule has 2 heterocycles. The Morgan fingerprint density at radius 1 is 1.27 bits per heavy atom. The standard InChI is InChI=1S/C13H13N3O4S2/c1-6-11(7(2)20-16-6)8-4-9-12(10(5-8)22(18)19)15-13(14-9)21(3)17/h4-5H,1-3H3,(H,14,15)(H,18,19). The van der Waals surface area contributed by atoms with Gasteiger partial charge in [0.1, 0.15) is 11.3 Å². The minimum Gasteiger partial charge on any atom is -0.361 e. The molecule has 1 aromatic carbocycles. The molecule has 0 aliphatic carbocycles. The number of imidazole rings is 1. The first kappa shape index (κ1) is 15.1. The van der Waals surface area contributed by atoms with Crippen molar-refractivity contribution in [3.63, 3.8) is 0 Å². The highest BCUT2D eigenvalue weighted by Crippen LogP contribution is 2.32. The number of aromatic nitrogens is 3. The van der Waals surface area contributed by atoms with Gasteiger partial charge in [-0.05, 0) is 31.5 Å². The first-order chi connectivity index (χ1) is 10.4. The maximum atomic E-state index is 11.6. The topological polar surface area (TPSA) is 109 Å². The van der Waals surface area contributed by atoms with E-state index in [4.69, 9.17) is 4.52 Å². The van der Waals surface area contributed by atoms with Crippen molar-refractivity contribution in [1.82, 2.24) is 15.1 Å². The molecular weight excluding hydrogens is 326 g/mol. The van der Waals surface area contributed by atoms with E-state index in [-0.39, 0.29) is 10.1 Å². The van der Waals surface area contributed by atoms with E-state index in [2.05, 4.69) is 15.1 Å². The Bertz CT molecular complexity index is 909. The predicted molar refractivity (Wildman–Crippen MR) is 82.4 cm³/mol. The predicted octanol–water partition coefficient (Wildman–Crippen LogP) is 2.15. The lowest BCUT2D eigenvalue weighted by molar-refractivity contribution is 0.393. The van der Waals surface area contributed by atoms with E-state index >= 15 is 0 Å². The van der Waals surface area contributed by atoms with E-state index in [0.717, 1.165) is 5.56 Å². The quantitative estimate of drug-likeness (QED) is 0.708. The van der Waals surface area contributed by atoms with E-state index in [1.54, 1.807) is 26.0 Å². The Morgan fingerprint density at radius 2 is 2.00 bits per heavy atom. The van der Waals surface area contributed by atoms with Crippen LogP contribution in [0, 0.1) is 13.8 Å². The smallest absolute Gasteiger partial charge is 0.197 e. The van der Waals surface area contributed by atoms with Crippen LogP contribution in [0.1, 0.15) is 11.5 Å². The van der Waals surface area contributed by atoms with Crippen LogP contribution in [-0.4, -0.2) is 34.4 Å². The second-order valence-electron chi connectivity index (χ2n) is 4.81. The molecule has 0 radical (unpaired) electrons. The molecule has 0 fully saturated rings. The lowest BCUT2D eigenvalue weighted by Crippen LogP contribution is -1.93. The van der Waals surface area contributed by atoms with Crippen molar-refractivity contribution in [2.75, 3.05) is 6.26 Å². The van der Waals surface area contributed by atoms with Crippen LogP contribution in [0.4, 0.5) is 0 Å². The maximum Gasteiger partial charge on any atom is 0.197 e. The van der Waals surface area contributed by atoms with Crippen molar-refractivity contribution in [2.24, 2.45) is 0 Å². The summed E-state index contributed by atoms with van der Waals surface area (Å²) in [6.45, 7) is 3.57. The number of hydrogen-bond acceptors (Lipinski definition) is 5. The number of benzene rings is 1. The number of fused-ring (bicyclic) bond motifs is 1. The van der Waals surface area contributed by atoms with Crippen LogP contribution in [-0.2, 0) is 21.9 Å². The number of H-pyrrole nitrogens is 1. The molecule has 2 aromatic heterocycles. The van der Waals surface area contributed by atoms with Crippen LogP contribution >= 0.6 is 0 Å². The number of aryl methyl sites for hydroxylation is 2. The summed E-state index contributed by atoms with van der Waals surface area (Å²) in [5, 5.41) is 4.15. The van der Waals surface area contributed by atoms with Crippen molar-refractivity contribution >= 4 is 32.9 Å². The molecule has 116 valence electrons. The van der Waals surface area contributed by atoms with Crippen LogP contribution in [0.2, 0.25) is 0 Å². The van der Waals surface area contributed by atoms with Gasteiger partial charge in [-0.3, -0.25) is 4.21 Å². The van der Waals surface area contributed by atoms with Gasteiger partial charge in [-0.2, -0.15) is 0 Å². The van der Waals surface area contributed by atoms with Crippen LogP contribution in [0.25, 0.3) is 22.2 Å². The van der Waals surface area contributed by atoms with Gasteiger partial charge in [0.05, 0.1) is 26.9 Å². The second kappa shape index (κ2) is 5.41. The molecule has 0 saturated heterocycles. The van der Waals surface area contributed by atoms with Gasteiger partial charge in [0.25, 0.3) is 0 Å². The molecule has 3 aromatic rings. The number of hydrogen-bond donors (Lipinski definition) is 2. The fourth-order valence-electron chi connectivity index (χ4n) is 2.37. The zero-order valence-corrected chi connectivity index (χ0v) is 13.7. The Balaban J connectivity index is 2.34. The molecule has 2 unspecified atom stereocenters. The highest BCUT2D eigenvalue weighted by molar-refractivity contribution is 7.84. The van der Waals surface area contributed by atoms with E-state index in [1.807, 2.05) is 0 Å². The average Bonchev–Trinajstić information content (AvgIpc) is 3.01. The fraction of sp³-hybridized carbons (Fsp3) is 0.231. The third-order valence-corrected chi connectivity index (χ3v) is 4.74. The summed E-state index contributed by atoms with van der Waals surface area (Å²) in [7, 11) is -1.31. The molecule has 0 spiro atoms. The van der Waals surface area contributed by atoms with Crippen LogP contribution in [0.15, 0.2) is 26.7 Å². The van der Waals surface area contributed by atoms with Gasteiger partial charge in [0, 0.05) is 11.8 Å². The molecule has 22 heavy (non-hydrogen) atoms. The third-order valence-electron chi connectivity index (χ3n) is 3.31. The van der Waals surface area contributed by atoms with Gasteiger partial charge in [0.2, 0.25) is 0 Å². The van der Waals surface area contributed by atoms with Crippen LogP contribution in [0.3, 0.4) is 0 Å². The summed E-state index contributed by atoms with van der Waals surface area (Å²) in [6, 6.07) is 3.36. The maximum absolute atomic E-state index is 11.6. The fourth-order valence-corrected chi connectivity index (χ4v) is 3.39. The van der Waals surface area contributed by atoms with E-state index in [0.29, 0.717) is 28.1 Å². The van der Waals surface area contributed by atoms with Crippen molar-refractivity contribution in [1.29, 1.82) is 0 Å².